The van der Waals surface area contributed by atoms with Crippen molar-refractivity contribution in [3.63, 3.8) is 0 Å². The zero-order valence-corrected chi connectivity index (χ0v) is 11.7. The van der Waals surface area contributed by atoms with Crippen LogP contribution in [0.25, 0.3) is 0 Å². The van der Waals surface area contributed by atoms with E-state index in [-0.39, 0.29) is 18.3 Å². The summed E-state index contributed by atoms with van der Waals surface area (Å²) in [5.74, 6) is -0.929. The fourth-order valence-corrected chi connectivity index (χ4v) is 2.38. The molecule has 1 unspecified atom stereocenters. The van der Waals surface area contributed by atoms with Crippen LogP contribution >= 0.6 is 11.6 Å². The topological polar surface area (TPSA) is 83.7 Å². The average Bonchev–Trinajstić information content (AvgIpc) is 3.18. The van der Waals surface area contributed by atoms with Gasteiger partial charge < -0.3 is 5.11 Å². The van der Waals surface area contributed by atoms with Crippen LogP contribution in [-0.4, -0.2) is 33.0 Å². The predicted molar refractivity (Wildman–Crippen MR) is 73.8 cm³/mol. The third kappa shape index (κ3) is 3.26. The van der Waals surface area contributed by atoms with Gasteiger partial charge >= 0.3 is 5.97 Å². The molecule has 1 saturated carbocycles. The molecule has 1 N–H and O–H groups in total. The summed E-state index contributed by atoms with van der Waals surface area (Å²) in [6.45, 7) is 1.81. The van der Waals surface area contributed by atoms with Gasteiger partial charge in [0, 0.05) is 29.2 Å². The highest BCUT2D eigenvalue weighted by atomic mass is 35.5. The summed E-state index contributed by atoms with van der Waals surface area (Å²) >= 11 is 5.88. The second-order valence-electron chi connectivity index (χ2n) is 4.95. The zero-order chi connectivity index (χ0) is 14.9. The minimum absolute atomic E-state index is 0.0300. The van der Waals surface area contributed by atoms with Gasteiger partial charge in [-0.25, -0.2) is 0 Å². The quantitative estimate of drug-likeness (QED) is 0.645. The summed E-state index contributed by atoms with van der Waals surface area (Å²) in [5.41, 5.74) is 0.417. The number of carboxylic acid groups (broad SMARTS) is 1. The van der Waals surface area contributed by atoms with Crippen LogP contribution in [0.5, 0.6) is 0 Å². The van der Waals surface area contributed by atoms with Crippen LogP contribution in [0.3, 0.4) is 0 Å². The fraction of sp³-hybridized carbons (Fsp3) is 0.462. The number of halogens is 1. The van der Waals surface area contributed by atoms with E-state index in [1.165, 1.54) is 18.2 Å². The van der Waals surface area contributed by atoms with Crippen molar-refractivity contribution in [3.8, 4) is 0 Å². The number of nitro groups is 1. The average molecular weight is 299 g/mol. The van der Waals surface area contributed by atoms with Gasteiger partial charge in [-0.3, -0.25) is 19.8 Å². The number of carbonyl (C=O) groups is 1. The first-order chi connectivity index (χ1) is 9.40. The van der Waals surface area contributed by atoms with Crippen LogP contribution in [0, 0.1) is 10.1 Å². The first kappa shape index (κ1) is 14.7. The Morgan fingerprint density at radius 3 is 2.75 bits per heavy atom. The van der Waals surface area contributed by atoms with Crippen LogP contribution in [0.2, 0.25) is 5.02 Å². The Balaban J connectivity index is 2.28. The van der Waals surface area contributed by atoms with E-state index in [9.17, 15) is 14.9 Å². The number of rotatable bonds is 6. The van der Waals surface area contributed by atoms with Gasteiger partial charge in [0.25, 0.3) is 5.69 Å². The molecule has 20 heavy (non-hydrogen) atoms. The first-order valence-corrected chi connectivity index (χ1v) is 6.69. The highest BCUT2D eigenvalue weighted by Crippen LogP contribution is 2.32. The van der Waals surface area contributed by atoms with Gasteiger partial charge in [-0.1, -0.05) is 11.6 Å². The van der Waals surface area contributed by atoms with Crippen molar-refractivity contribution in [3.05, 3.63) is 38.9 Å². The van der Waals surface area contributed by atoms with Crippen molar-refractivity contribution >= 4 is 23.3 Å². The Morgan fingerprint density at radius 1 is 1.60 bits per heavy atom. The van der Waals surface area contributed by atoms with Gasteiger partial charge in [-0.15, -0.1) is 0 Å². The minimum Gasteiger partial charge on any atom is -0.480 e. The molecule has 7 heteroatoms. The lowest BCUT2D eigenvalue weighted by Gasteiger charge is -2.26. The molecule has 0 aromatic heterocycles. The Kier molecular flexibility index (Phi) is 4.25. The molecular formula is C13H15ClN2O4. The Morgan fingerprint density at radius 2 is 2.25 bits per heavy atom. The SMILES string of the molecule is CC(C(=O)O)N(Cc1cc(Cl)ccc1[N+](=O)[O-])C1CC1. The van der Waals surface area contributed by atoms with E-state index in [4.69, 9.17) is 16.7 Å². The number of hydrogen-bond donors (Lipinski definition) is 1. The van der Waals surface area contributed by atoms with Crippen molar-refractivity contribution in [1.29, 1.82) is 0 Å². The molecule has 1 fully saturated rings. The Hall–Kier alpha value is -1.66. The second-order valence-corrected chi connectivity index (χ2v) is 5.38. The standard InChI is InChI=1S/C13H15ClN2O4/c1-8(13(17)18)15(11-3-4-11)7-9-6-10(14)2-5-12(9)16(19)20/h2,5-6,8,11H,3-4,7H2,1H3,(H,17,18). The summed E-state index contributed by atoms with van der Waals surface area (Å²) in [4.78, 5) is 23.5. The molecule has 1 aliphatic carbocycles. The van der Waals surface area contributed by atoms with Crippen molar-refractivity contribution in [1.82, 2.24) is 4.90 Å². The maximum Gasteiger partial charge on any atom is 0.320 e. The smallest absolute Gasteiger partial charge is 0.320 e. The summed E-state index contributed by atoms with van der Waals surface area (Å²) in [5, 5.41) is 20.6. The second kappa shape index (κ2) is 5.76. The molecule has 1 atom stereocenters. The van der Waals surface area contributed by atoms with Gasteiger partial charge in [-0.05, 0) is 31.9 Å². The van der Waals surface area contributed by atoms with Crippen molar-refractivity contribution < 1.29 is 14.8 Å². The van der Waals surface area contributed by atoms with Crippen molar-refractivity contribution in [2.45, 2.75) is 38.4 Å². The molecule has 6 nitrogen and oxygen atoms in total. The zero-order valence-electron chi connectivity index (χ0n) is 11.0. The lowest BCUT2D eigenvalue weighted by Crippen LogP contribution is -2.40. The van der Waals surface area contributed by atoms with Crippen LogP contribution in [0.1, 0.15) is 25.3 Å². The molecule has 0 heterocycles. The maximum absolute atomic E-state index is 11.1. The fourth-order valence-electron chi connectivity index (χ4n) is 2.19. The number of nitro benzene ring substituents is 1. The van der Waals surface area contributed by atoms with Gasteiger partial charge in [0.1, 0.15) is 6.04 Å². The molecule has 108 valence electrons. The van der Waals surface area contributed by atoms with Gasteiger partial charge in [0.15, 0.2) is 0 Å². The molecular weight excluding hydrogens is 284 g/mol. The number of carboxylic acids is 1. The van der Waals surface area contributed by atoms with E-state index < -0.39 is 16.9 Å². The Bertz CT molecular complexity index is 545. The molecule has 2 rings (SSSR count). The monoisotopic (exact) mass is 298 g/mol. The van der Waals surface area contributed by atoms with Gasteiger partial charge in [-0.2, -0.15) is 0 Å². The molecule has 1 aromatic carbocycles. The Labute approximate surface area is 121 Å². The third-order valence-electron chi connectivity index (χ3n) is 3.46. The summed E-state index contributed by atoms with van der Waals surface area (Å²) in [7, 11) is 0. The van der Waals surface area contributed by atoms with Crippen LogP contribution in [0.15, 0.2) is 18.2 Å². The number of aliphatic carboxylic acids is 1. The first-order valence-electron chi connectivity index (χ1n) is 6.31. The summed E-state index contributed by atoms with van der Waals surface area (Å²) in [6.07, 6.45) is 1.85. The molecule has 0 spiro atoms. The number of nitrogens with zero attached hydrogens (tertiary/aromatic N) is 2. The van der Waals surface area contributed by atoms with Crippen molar-refractivity contribution in [2.75, 3.05) is 0 Å². The van der Waals surface area contributed by atoms with E-state index in [0.717, 1.165) is 12.8 Å². The van der Waals surface area contributed by atoms with E-state index in [1.54, 1.807) is 11.8 Å². The van der Waals surface area contributed by atoms with Crippen molar-refractivity contribution in [2.24, 2.45) is 0 Å². The maximum atomic E-state index is 11.1. The summed E-state index contributed by atoms with van der Waals surface area (Å²) < 4.78 is 0. The highest BCUT2D eigenvalue weighted by molar-refractivity contribution is 6.30. The largest absolute Gasteiger partial charge is 0.480 e. The highest BCUT2D eigenvalue weighted by Gasteiger charge is 2.36. The van der Waals surface area contributed by atoms with E-state index >= 15 is 0 Å². The molecule has 0 saturated heterocycles. The molecule has 0 aliphatic heterocycles. The van der Waals surface area contributed by atoms with Gasteiger partial charge in [0.05, 0.1) is 4.92 Å². The summed E-state index contributed by atoms with van der Waals surface area (Å²) in [6, 6.07) is 3.85. The van der Waals surface area contributed by atoms with E-state index in [2.05, 4.69) is 0 Å². The third-order valence-corrected chi connectivity index (χ3v) is 3.70. The number of benzene rings is 1. The van der Waals surface area contributed by atoms with Crippen LogP contribution in [0.4, 0.5) is 5.69 Å². The van der Waals surface area contributed by atoms with Crippen LogP contribution < -0.4 is 0 Å². The molecule has 1 aliphatic rings. The van der Waals surface area contributed by atoms with E-state index in [0.29, 0.717) is 10.6 Å². The predicted octanol–water partition coefficient (Wildman–Crippen LogP) is 2.69. The molecule has 1 aromatic rings. The van der Waals surface area contributed by atoms with Crippen LogP contribution in [-0.2, 0) is 11.3 Å². The normalized spacial score (nSPS) is 16.1. The van der Waals surface area contributed by atoms with E-state index in [1.807, 2.05) is 0 Å². The lowest BCUT2D eigenvalue weighted by molar-refractivity contribution is -0.385. The molecule has 0 amide bonds. The lowest BCUT2D eigenvalue weighted by atomic mass is 10.1. The molecule has 0 radical (unpaired) electrons. The van der Waals surface area contributed by atoms with Gasteiger partial charge in [0.2, 0.25) is 0 Å². The molecule has 0 bridgehead atoms. The number of hydrogen-bond acceptors (Lipinski definition) is 4. The minimum atomic E-state index is -0.929.